The predicted octanol–water partition coefficient (Wildman–Crippen LogP) is 3.88. The fourth-order valence-electron chi connectivity index (χ4n) is 3.85. The van der Waals surface area contributed by atoms with Gasteiger partial charge in [-0.3, -0.25) is 14.7 Å². The molecule has 1 aromatic heterocycles. The lowest BCUT2D eigenvalue weighted by Crippen LogP contribution is -2.38. The van der Waals surface area contributed by atoms with E-state index in [-0.39, 0.29) is 5.91 Å². The quantitative estimate of drug-likeness (QED) is 0.752. The van der Waals surface area contributed by atoms with Gasteiger partial charge in [0.25, 0.3) is 5.91 Å². The van der Waals surface area contributed by atoms with Gasteiger partial charge in [0, 0.05) is 31.0 Å². The summed E-state index contributed by atoms with van der Waals surface area (Å²) in [6, 6.07) is 18.1. The van der Waals surface area contributed by atoms with Crippen molar-refractivity contribution < 1.29 is 4.79 Å². The molecule has 0 unspecified atom stereocenters. The highest BCUT2D eigenvalue weighted by Crippen LogP contribution is 2.20. The number of nitrogens with zero attached hydrogens (tertiary/aromatic N) is 2. The van der Waals surface area contributed by atoms with E-state index in [0.29, 0.717) is 5.92 Å². The SMILES string of the molecule is O=C(NCC1CCN(Cc2ccncc2)CC1)c1cccc2ccccc12. The highest BCUT2D eigenvalue weighted by atomic mass is 16.1. The van der Waals surface area contributed by atoms with Crippen molar-refractivity contribution in [2.45, 2.75) is 19.4 Å². The van der Waals surface area contributed by atoms with Gasteiger partial charge in [-0.2, -0.15) is 0 Å². The molecule has 3 aromatic rings. The fourth-order valence-corrected chi connectivity index (χ4v) is 3.85. The minimum absolute atomic E-state index is 0.0333. The zero-order valence-corrected chi connectivity index (χ0v) is 15.5. The number of fused-ring (bicyclic) bond motifs is 1. The average Bonchev–Trinajstić information content (AvgIpc) is 2.73. The van der Waals surface area contributed by atoms with E-state index in [1.807, 2.05) is 54.9 Å². The lowest BCUT2D eigenvalue weighted by atomic mass is 9.96. The van der Waals surface area contributed by atoms with E-state index >= 15 is 0 Å². The first kappa shape index (κ1) is 17.7. The van der Waals surface area contributed by atoms with Gasteiger partial charge in [-0.1, -0.05) is 36.4 Å². The summed E-state index contributed by atoms with van der Waals surface area (Å²) in [4.78, 5) is 19.2. The molecule has 0 saturated carbocycles. The van der Waals surface area contributed by atoms with Crippen LogP contribution in [0.3, 0.4) is 0 Å². The van der Waals surface area contributed by atoms with E-state index in [0.717, 1.165) is 55.4 Å². The normalized spacial score (nSPS) is 15.7. The van der Waals surface area contributed by atoms with Gasteiger partial charge in [0.2, 0.25) is 0 Å². The third kappa shape index (κ3) is 4.34. The molecule has 0 spiro atoms. The molecule has 1 aliphatic rings. The molecule has 1 amide bonds. The Labute approximate surface area is 160 Å². The minimum Gasteiger partial charge on any atom is -0.352 e. The Kier molecular flexibility index (Phi) is 5.45. The van der Waals surface area contributed by atoms with Crippen LogP contribution in [0.4, 0.5) is 0 Å². The fraction of sp³-hybridized carbons (Fsp3) is 0.304. The molecule has 1 N–H and O–H groups in total. The first-order valence-electron chi connectivity index (χ1n) is 9.67. The van der Waals surface area contributed by atoms with Crippen molar-refractivity contribution in [3.05, 3.63) is 78.1 Å². The van der Waals surface area contributed by atoms with Crippen LogP contribution in [-0.2, 0) is 6.54 Å². The van der Waals surface area contributed by atoms with E-state index in [4.69, 9.17) is 0 Å². The molecule has 1 saturated heterocycles. The maximum absolute atomic E-state index is 12.7. The molecule has 138 valence electrons. The Balaban J connectivity index is 1.29. The molecule has 2 aromatic carbocycles. The van der Waals surface area contributed by atoms with E-state index in [1.54, 1.807) is 0 Å². The van der Waals surface area contributed by atoms with E-state index in [9.17, 15) is 4.79 Å². The van der Waals surface area contributed by atoms with Crippen LogP contribution in [0.25, 0.3) is 10.8 Å². The van der Waals surface area contributed by atoms with Crippen molar-refractivity contribution >= 4 is 16.7 Å². The molecule has 27 heavy (non-hydrogen) atoms. The number of hydrogen-bond donors (Lipinski definition) is 1. The van der Waals surface area contributed by atoms with Crippen LogP contribution in [0.1, 0.15) is 28.8 Å². The summed E-state index contributed by atoms with van der Waals surface area (Å²) >= 11 is 0. The molecular weight excluding hydrogens is 334 g/mol. The molecule has 2 heterocycles. The highest BCUT2D eigenvalue weighted by molar-refractivity contribution is 6.06. The third-order valence-electron chi connectivity index (χ3n) is 5.45. The van der Waals surface area contributed by atoms with Crippen LogP contribution >= 0.6 is 0 Å². The summed E-state index contributed by atoms with van der Waals surface area (Å²) in [6.07, 6.45) is 5.96. The highest BCUT2D eigenvalue weighted by Gasteiger charge is 2.20. The average molecular weight is 359 g/mol. The number of carbonyl (C=O) groups is 1. The number of hydrogen-bond acceptors (Lipinski definition) is 3. The number of nitrogens with one attached hydrogen (secondary N) is 1. The lowest BCUT2D eigenvalue weighted by molar-refractivity contribution is 0.0937. The predicted molar refractivity (Wildman–Crippen MR) is 109 cm³/mol. The van der Waals surface area contributed by atoms with Crippen LogP contribution in [0.15, 0.2) is 67.0 Å². The lowest BCUT2D eigenvalue weighted by Gasteiger charge is -2.32. The summed E-state index contributed by atoms with van der Waals surface area (Å²) in [5.41, 5.74) is 2.08. The first-order chi connectivity index (χ1) is 13.3. The third-order valence-corrected chi connectivity index (χ3v) is 5.45. The maximum Gasteiger partial charge on any atom is 0.251 e. The molecule has 4 nitrogen and oxygen atoms in total. The number of pyridine rings is 1. The molecule has 0 bridgehead atoms. The van der Waals surface area contributed by atoms with E-state index in [2.05, 4.69) is 27.3 Å². The summed E-state index contributed by atoms with van der Waals surface area (Å²) in [6.45, 7) is 3.90. The number of benzene rings is 2. The standard InChI is InChI=1S/C23H25N3O/c27-23(22-7-3-5-20-4-1-2-6-21(20)22)25-16-18-10-14-26(15-11-18)17-19-8-12-24-13-9-19/h1-9,12-13,18H,10-11,14-17H2,(H,25,27). The minimum atomic E-state index is 0.0333. The Morgan fingerprint density at radius 2 is 1.74 bits per heavy atom. The van der Waals surface area contributed by atoms with Crippen molar-refractivity contribution in [3.63, 3.8) is 0 Å². The number of carbonyl (C=O) groups excluding carboxylic acids is 1. The van der Waals surface area contributed by atoms with Gasteiger partial charge >= 0.3 is 0 Å². The van der Waals surface area contributed by atoms with Crippen LogP contribution in [0.2, 0.25) is 0 Å². The number of rotatable bonds is 5. The van der Waals surface area contributed by atoms with Gasteiger partial charge in [0.15, 0.2) is 0 Å². The van der Waals surface area contributed by atoms with Crippen molar-refractivity contribution in [2.24, 2.45) is 5.92 Å². The van der Waals surface area contributed by atoms with Gasteiger partial charge in [0.05, 0.1) is 0 Å². The maximum atomic E-state index is 12.7. The van der Waals surface area contributed by atoms with Gasteiger partial charge in [-0.05, 0) is 66.4 Å². The van der Waals surface area contributed by atoms with E-state index in [1.165, 1.54) is 5.56 Å². The smallest absolute Gasteiger partial charge is 0.251 e. The number of likely N-dealkylation sites (tertiary alicyclic amines) is 1. The summed E-state index contributed by atoms with van der Waals surface area (Å²) in [5, 5.41) is 5.28. The second kappa shape index (κ2) is 8.31. The second-order valence-corrected chi connectivity index (χ2v) is 7.31. The van der Waals surface area contributed by atoms with Crippen LogP contribution in [0, 0.1) is 5.92 Å². The van der Waals surface area contributed by atoms with Crippen molar-refractivity contribution in [1.29, 1.82) is 0 Å². The van der Waals surface area contributed by atoms with Gasteiger partial charge in [-0.15, -0.1) is 0 Å². The van der Waals surface area contributed by atoms with Gasteiger partial charge in [-0.25, -0.2) is 0 Å². The topological polar surface area (TPSA) is 45.2 Å². The summed E-state index contributed by atoms with van der Waals surface area (Å²) in [5.74, 6) is 0.587. The summed E-state index contributed by atoms with van der Waals surface area (Å²) in [7, 11) is 0. The molecule has 0 radical (unpaired) electrons. The van der Waals surface area contributed by atoms with Crippen LogP contribution in [-0.4, -0.2) is 35.4 Å². The van der Waals surface area contributed by atoms with Crippen LogP contribution < -0.4 is 5.32 Å². The monoisotopic (exact) mass is 359 g/mol. The molecule has 4 rings (SSSR count). The van der Waals surface area contributed by atoms with Crippen molar-refractivity contribution in [1.82, 2.24) is 15.2 Å². The molecule has 0 atom stereocenters. The van der Waals surface area contributed by atoms with Crippen LogP contribution in [0.5, 0.6) is 0 Å². The number of amides is 1. The van der Waals surface area contributed by atoms with Crippen molar-refractivity contribution in [3.8, 4) is 0 Å². The molecule has 4 heteroatoms. The van der Waals surface area contributed by atoms with E-state index < -0.39 is 0 Å². The zero-order chi connectivity index (χ0) is 18.5. The Hall–Kier alpha value is -2.72. The van der Waals surface area contributed by atoms with Gasteiger partial charge in [0.1, 0.15) is 0 Å². The Morgan fingerprint density at radius 1 is 1.00 bits per heavy atom. The zero-order valence-electron chi connectivity index (χ0n) is 15.5. The molecular formula is C23H25N3O. The van der Waals surface area contributed by atoms with Crippen molar-refractivity contribution in [2.75, 3.05) is 19.6 Å². The first-order valence-corrected chi connectivity index (χ1v) is 9.67. The largest absolute Gasteiger partial charge is 0.352 e. The Morgan fingerprint density at radius 3 is 2.56 bits per heavy atom. The summed E-state index contributed by atoms with van der Waals surface area (Å²) < 4.78 is 0. The molecule has 0 aliphatic carbocycles. The van der Waals surface area contributed by atoms with Gasteiger partial charge < -0.3 is 5.32 Å². The number of piperidine rings is 1. The molecule has 1 aliphatic heterocycles. The molecule has 1 fully saturated rings. The number of aromatic nitrogens is 1. The Bertz CT molecular complexity index is 896. The second-order valence-electron chi connectivity index (χ2n) is 7.31.